The first-order chi connectivity index (χ1) is 10.6. The fraction of sp³-hybridized carbons (Fsp3) is 0.176. The van der Waals surface area contributed by atoms with Crippen LogP contribution in [0.2, 0.25) is 0 Å². The maximum atomic E-state index is 12.9. The molecule has 22 heavy (non-hydrogen) atoms. The molecular formula is C17H15FN2O2. The zero-order valence-corrected chi connectivity index (χ0v) is 12.0. The van der Waals surface area contributed by atoms with Crippen LogP contribution in [0.1, 0.15) is 22.8 Å². The van der Waals surface area contributed by atoms with E-state index in [1.807, 2.05) is 18.2 Å². The number of hydrogen-bond donors (Lipinski definition) is 1. The van der Waals surface area contributed by atoms with Crippen LogP contribution in [0.5, 0.6) is 0 Å². The first-order valence-corrected chi connectivity index (χ1v) is 7.01. The molecule has 1 N–H and O–H groups in total. The average molecular weight is 298 g/mol. The molecule has 2 aromatic rings. The van der Waals surface area contributed by atoms with E-state index in [1.165, 1.54) is 29.2 Å². The first-order valence-electron chi connectivity index (χ1n) is 7.01. The van der Waals surface area contributed by atoms with Crippen LogP contribution in [-0.4, -0.2) is 22.8 Å². The molecule has 1 aliphatic heterocycles. The molecule has 1 heterocycles. The average Bonchev–Trinajstić information content (AvgIpc) is 2.86. The number of anilines is 1. The molecule has 1 aliphatic rings. The van der Waals surface area contributed by atoms with Gasteiger partial charge in [-0.25, -0.2) is 4.39 Å². The highest BCUT2D eigenvalue weighted by Gasteiger charge is 2.33. The van der Waals surface area contributed by atoms with Crippen LogP contribution in [0.3, 0.4) is 0 Å². The maximum Gasteiger partial charge on any atom is 0.255 e. The summed E-state index contributed by atoms with van der Waals surface area (Å²) in [5.74, 6) is -0.804. The molecule has 2 aromatic carbocycles. The largest absolute Gasteiger partial charge is 0.324 e. The van der Waals surface area contributed by atoms with Gasteiger partial charge in [0, 0.05) is 17.8 Å². The second kappa shape index (κ2) is 5.60. The predicted molar refractivity (Wildman–Crippen MR) is 80.8 cm³/mol. The van der Waals surface area contributed by atoms with E-state index in [0.717, 1.165) is 5.56 Å². The number of fused-ring (bicyclic) bond motifs is 1. The normalized spacial score (nSPS) is 14.6. The van der Waals surface area contributed by atoms with Gasteiger partial charge in [0.15, 0.2) is 0 Å². The molecule has 0 bridgehead atoms. The Kier molecular flexibility index (Phi) is 3.63. The summed E-state index contributed by atoms with van der Waals surface area (Å²) in [5, 5.41) is 2.69. The fourth-order valence-corrected chi connectivity index (χ4v) is 2.51. The van der Waals surface area contributed by atoms with Gasteiger partial charge in [-0.1, -0.05) is 18.2 Å². The van der Waals surface area contributed by atoms with E-state index in [9.17, 15) is 14.0 Å². The van der Waals surface area contributed by atoms with Gasteiger partial charge in [-0.2, -0.15) is 0 Å². The number of amides is 2. The molecule has 2 amide bonds. The van der Waals surface area contributed by atoms with E-state index in [2.05, 4.69) is 5.32 Å². The Balaban J connectivity index is 1.72. The summed E-state index contributed by atoms with van der Waals surface area (Å²) in [6.45, 7) is 2.11. The number of halogens is 1. The summed E-state index contributed by atoms with van der Waals surface area (Å²) in [6.07, 6.45) is 0. The van der Waals surface area contributed by atoms with Gasteiger partial charge in [-0.15, -0.1) is 0 Å². The lowest BCUT2D eigenvalue weighted by Gasteiger charge is -2.23. The molecule has 4 nitrogen and oxygen atoms in total. The number of hydrogen-bond acceptors (Lipinski definition) is 2. The van der Waals surface area contributed by atoms with E-state index in [4.69, 9.17) is 0 Å². The number of nitrogens with one attached hydrogen (secondary N) is 1. The zero-order valence-electron chi connectivity index (χ0n) is 12.0. The molecule has 0 spiro atoms. The van der Waals surface area contributed by atoms with Crippen molar-refractivity contribution in [2.45, 2.75) is 19.5 Å². The molecule has 0 saturated heterocycles. The van der Waals surface area contributed by atoms with Crippen LogP contribution in [0, 0.1) is 5.82 Å². The van der Waals surface area contributed by atoms with Crippen LogP contribution in [0.25, 0.3) is 0 Å². The van der Waals surface area contributed by atoms with Crippen molar-refractivity contribution in [2.24, 2.45) is 0 Å². The topological polar surface area (TPSA) is 49.4 Å². The number of rotatable bonds is 3. The lowest BCUT2D eigenvalue weighted by Crippen LogP contribution is -2.42. The lowest BCUT2D eigenvalue weighted by molar-refractivity contribution is -0.120. The number of nitrogens with zero attached hydrogens (tertiary/aromatic N) is 1. The standard InChI is InChI=1S/C17H15FN2O2/c1-11(16(21)19-14-8-6-13(18)7-9-14)20-10-12-4-2-3-5-15(12)17(20)22/h2-9,11H,10H2,1H3,(H,19,21)/t11-/m0/s1. The van der Waals surface area contributed by atoms with Gasteiger partial charge in [0.25, 0.3) is 5.91 Å². The monoisotopic (exact) mass is 298 g/mol. The van der Waals surface area contributed by atoms with Gasteiger partial charge in [0.05, 0.1) is 0 Å². The highest BCUT2D eigenvalue weighted by molar-refractivity contribution is 6.03. The van der Waals surface area contributed by atoms with E-state index >= 15 is 0 Å². The van der Waals surface area contributed by atoms with Gasteiger partial charge < -0.3 is 10.2 Å². The molecule has 0 aromatic heterocycles. The first kappa shape index (κ1) is 14.3. The highest BCUT2D eigenvalue weighted by Crippen LogP contribution is 2.24. The van der Waals surface area contributed by atoms with Crippen LogP contribution >= 0.6 is 0 Å². The summed E-state index contributed by atoms with van der Waals surface area (Å²) in [6, 6.07) is 12.3. The molecular weight excluding hydrogens is 283 g/mol. The minimum atomic E-state index is -0.607. The fourth-order valence-electron chi connectivity index (χ4n) is 2.51. The summed E-state index contributed by atoms with van der Waals surface area (Å²) >= 11 is 0. The van der Waals surface area contributed by atoms with E-state index in [-0.39, 0.29) is 17.6 Å². The summed E-state index contributed by atoms with van der Waals surface area (Å²) in [7, 11) is 0. The van der Waals surface area contributed by atoms with E-state index in [1.54, 1.807) is 13.0 Å². The van der Waals surface area contributed by atoms with Crippen LogP contribution in [0.15, 0.2) is 48.5 Å². The molecule has 5 heteroatoms. The smallest absolute Gasteiger partial charge is 0.255 e. The molecule has 0 fully saturated rings. The molecule has 0 aliphatic carbocycles. The van der Waals surface area contributed by atoms with Gasteiger partial charge >= 0.3 is 0 Å². The van der Waals surface area contributed by atoms with Crippen molar-refractivity contribution in [1.82, 2.24) is 4.90 Å². The molecule has 1 atom stereocenters. The quantitative estimate of drug-likeness (QED) is 0.947. The maximum absolute atomic E-state index is 12.9. The summed E-state index contributed by atoms with van der Waals surface area (Å²) < 4.78 is 12.9. The molecule has 0 unspecified atom stereocenters. The van der Waals surface area contributed by atoms with Crippen molar-refractivity contribution in [3.05, 3.63) is 65.5 Å². The third-order valence-corrected chi connectivity index (χ3v) is 3.81. The van der Waals surface area contributed by atoms with Gasteiger partial charge in [-0.05, 0) is 42.8 Å². The Hall–Kier alpha value is -2.69. The Morgan fingerprint density at radius 3 is 2.55 bits per heavy atom. The second-order valence-corrected chi connectivity index (χ2v) is 5.26. The minimum absolute atomic E-state index is 0.141. The molecule has 0 saturated carbocycles. The Morgan fingerprint density at radius 2 is 1.86 bits per heavy atom. The van der Waals surface area contributed by atoms with Gasteiger partial charge in [-0.3, -0.25) is 9.59 Å². The Labute approximate surface area is 127 Å². The van der Waals surface area contributed by atoms with Crippen LogP contribution < -0.4 is 5.32 Å². The Bertz CT molecular complexity index is 728. The summed E-state index contributed by atoms with van der Waals surface area (Å²) in [4.78, 5) is 26.1. The number of carbonyl (C=O) groups excluding carboxylic acids is 2. The van der Waals surface area contributed by atoms with Crippen molar-refractivity contribution < 1.29 is 14.0 Å². The van der Waals surface area contributed by atoms with Crippen LogP contribution in [-0.2, 0) is 11.3 Å². The summed E-state index contributed by atoms with van der Waals surface area (Å²) in [5.41, 5.74) is 2.07. The third kappa shape index (κ3) is 2.57. The zero-order chi connectivity index (χ0) is 15.7. The number of carbonyl (C=O) groups is 2. The lowest BCUT2D eigenvalue weighted by atomic mass is 10.1. The third-order valence-electron chi connectivity index (χ3n) is 3.81. The van der Waals surface area contributed by atoms with E-state index in [0.29, 0.717) is 17.8 Å². The SMILES string of the molecule is C[C@@H](C(=O)Nc1ccc(F)cc1)N1Cc2ccccc2C1=O. The van der Waals surface area contributed by atoms with Crippen molar-refractivity contribution in [3.63, 3.8) is 0 Å². The predicted octanol–water partition coefficient (Wildman–Crippen LogP) is 2.81. The second-order valence-electron chi connectivity index (χ2n) is 5.26. The minimum Gasteiger partial charge on any atom is -0.324 e. The molecule has 0 radical (unpaired) electrons. The highest BCUT2D eigenvalue weighted by atomic mass is 19.1. The Morgan fingerprint density at radius 1 is 1.18 bits per heavy atom. The van der Waals surface area contributed by atoms with Crippen molar-refractivity contribution in [3.8, 4) is 0 Å². The van der Waals surface area contributed by atoms with Crippen molar-refractivity contribution in [1.29, 1.82) is 0 Å². The van der Waals surface area contributed by atoms with Crippen molar-refractivity contribution >= 4 is 17.5 Å². The van der Waals surface area contributed by atoms with Crippen molar-refractivity contribution in [2.75, 3.05) is 5.32 Å². The number of benzene rings is 2. The van der Waals surface area contributed by atoms with Gasteiger partial charge in [0.1, 0.15) is 11.9 Å². The van der Waals surface area contributed by atoms with Crippen LogP contribution in [0.4, 0.5) is 10.1 Å². The molecule has 112 valence electrons. The van der Waals surface area contributed by atoms with E-state index < -0.39 is 6.04 Å². The molecule has 3 rings (SSSR count). The van der Waals surface area contributed by atoms with Gasteiger partial charge in [0.2, 0.25) is 5.91 Å².